The third-order valence-corrected chi connectivity index (χ3v) is 0.879. The van der Waals surface area contributed by atoms with Gasteiger partial charge < -0.3 is 15.7 Å². The van der Waals surface area contributed by atoms with E-state index in [9.17, 15) is 0 Å². The zero-order valence-electron chi connectivity index (χ0n) is 5.85. The summed E-state index contributed by atoms with van der Waals surface area (Å²) in [4.78, 5) is 0. The van der Waals surface area contributed by atoms with Crippen molar-refractivity contribution in [3.05, 3.63) is 0 Å². The van der Waals surface area contributed by atoms with E-state index >= 15 is 0 Å². The molecule has 0 saturated carbocycles. The van der Waals surface area contributed by atoms with Crippen LogP contribution in [0.3, 0.4) is 0 Å². The second-order valence-electron chi connectivity index (χ2n) is 1.77. The fourth-order valence-corrected chi connectivity index (χ4v) is 0.543. The maximum atomic E-state index is 8.92. The molecular weight excluding hydrogens is 140 g/mol. The summed E-state index contributed by atoms with van der Waals surface area (Å²) in [5.41, 5.74) is 0. The van der Waals surface area contributed by atoms with Crippen LogP contribution in [-0.4, -0.2) is 38.4 Å². The fraction of sp³-hybridized carbons (Fsp3) is 1.00. The second-order valence-corrected chi connectivity index (χ2v) is 1.77. The normalized spacial score (nSPS) is 9.33. The van der Waals surface area contributed by atoms with Crippen LogP contribution in [0, 0.1) is 0 Å². The van der Waals surface area contributed by atoms with Crippen molar-refractivity contribution in [2.75, 3.05) is 27.2 Å². The molecule has 0 aromatic heterocycles. The molecular formula is C5H15ClN2O. The third-order valence-electron chi connectivity index (χ3n) is 0.879. The molecule has 0 fully saturated rings. The average Bonchev–Trinajstić information content (AvgIpc) is 1.68. The predicted octanol–water partition coefficient (Wildman–Crippen LogP) is -0.792. The van der Waals surface area contributed by atoms with Gasteiger partial charge in [-0.05, 0) is 14.1 Å². The maximum absolute atomic E-state index is 8.92. The quantitative estimate of drug-likeness (QED) is 0.497. The predicted molar refractivity (Wildman–Crippen MR) is 41.1 cm³/mol. The molecule has 0 rings (SSSR count). The van der Waals surface area contributed by atoms with Crippen LogP contribution in [0.5, 0.6) is 0 Å². The SMILES string of the molecule is CNCC(O)CNC.Cl. The van der Waals surface area contributed by atoms with Gasteiger partial charge in [0.1, 0.15) is 0 Å². The number of nitrogens with one attached hydrogen (secondary N) is 2. The van der Waals surface area contributed by atoms with E-state index in [2.05, 4.69) is 10.6 Å². The van der Waals surface area contributed by atoms with Crippen molar-refractivity contribution in [3.63, 3.8) is 0 Å². The lowest BCUT2D eigenvalue weighted by molar-refractivity contribution is 0.174. The van der Waals surface area contributed by atoms with Crippen LogP contribution < -0.4 is 10.6 Å². The van der Waals surface area contributed by atoms with Crippen LogP contribution in [0.25, 0.3) is 0 Å². The van der Waals surface area contributed by atoms with Gasteiger partial charge in [0.15, 0.2) is 0 Å². The molecule has 0 aromatic rings. The zero-order valence-corrected chi connectivity index (χ0v) is 6.66. The number of aliphatic hydroxyl groups excluding tert-OH is 1. The number of rotatable bonds is 4. The second kappa shape index (κ2) is 8.17. The van der Waals surface area contributed by atoms with E-state index in [0.29, 0.717) is 13.1 Å². The number of likely N-dealkylation sites (N-methyl/N-ethyl adjacent to an activating group) is 2. The van der Waals surface area contributed by atoms with E-state index in [1.165, 1.54) is 0 Å². The molecule has 0 aliphatic heterocycles. The summed E-state index contributed by atoms with van der Waals surface area (Å²) in [7, 11) is 3.64. The van der Waals surface area contributed by atoms with Gasteiger partial charge >= 0.3 is 0 Å². The van der Waals surface area contributed by atoms with Crippen LogP contribution >= 0.6 is 12.4 Å². The molecule has 3 N–H and O–H groups in total. The summed E-state index contributed by atoms with van der Waals surface area (Å²) in [6.07, 6.45) is -0.259. The van der Waals surface area contributed by atoms with Gasteiger partial charge in [-0.3, -0.25) is 0 Å². The molecule has 0 heterocycles. The van der Waals surface area contributed by atoms with Crippen molar-refractivity contribution in [2.24, 2.45) is 0 Å². The first-order valence-electron chi connectivity index (χ1n) is 2.78. The van der Waals surface area contributed by atoms with Crippen molar-refractivity contribution in [2.45, 2.75) is 6.10 Å². The summed E-state index contributed by atoms with van der Waals surface area (Å²) in [6, 6.07) is 0. The van der Waals surface area contributed by atoms with Gasteiger partial charge in [0.2, 0.25) is 0 Å². The number of hydrogen-bond acceptors (Lipinski definition) is 3. The van der Waals surface area contributed by atoms with Gasteiger partial charge in [0.25, 0.3) is 0 Å². The van der Waals surface area contributed by atoms with E-state index in [1.54, 1.807) is 0 Å². The van der Waals surface area contributed by atoms with Crippen molar-refractivity contribution < 1.29 is 5.11 Å². The molecule has 9 heavy (non-hydrogen) atoms. The van der Waals surface area contributed by atoms with Gasteiger partial charge in [-0.2, -0.15) is 0 Å². The molecule has 58 valence electrons. The van der Waals surface area contributed by atoms with E-state index in [4.69, 9.17) is 5.11 Å². The Kier molecular flexibility index (Phi) is 10.8. The highest BCUT2D eigenvalue weighted by Gasteiger charge is 1.96. The minimum atomic E-state index is -0.259. The van der Waals surface area contributed by atoms with Gasteiger partial charge in [-0.15, -0.1) is 12.4 Å². The minimum Gasteiger partial charge on any atom is -0.390 e. The van der Waals surface area contributed by atoms with Gasteiger partial charge in [-0.1, -0.05) is 0 Å². The number of hydrogen-bond donors (Lipinski definition) is 3. The van der Waals surface area contributed by atoms with E-state index in [-0.39, 0.29) is 18.5 Å². The lowest BCUT2D eigenvalue weighted by Crippen LogP contribution is -2.32. The van der Waals surface area contributed by atoms with Crippen molar-refractivity contribution in [1.82, 2.24) is 10.6 Å². The molecule has 0 unspecified atom stereocenters. The monoisotopic (exact) mass is 154 g/mol. The summed E-state index contributed by atoms with van der Waals surface area (Å²) < 4.78 is 0. The highest BCUT2D eigenvalue weighted by molar-refractivity contribution is 5.85. The summed E-state index contributed by atoms with van der Waals surface area (Å²) in [6.45, 7) is 1.31. The Morgan fingerprint density at radius 1 is 1.22 bits per heavy atom. The van der Waals surface area contributed by atoms with Crippen LogP contribution in [0.2, 0.25) is 0 Å². The first-order valence-corrected chi connectivity index (χ1v) is 2.78. The Morgan fingerprint density at radius 2 is 1.56 bits per heavy atom. The molecule has 0 aliphatic rings. The van der Waals surface area contributed by atoms with E-state index in [1.807, 2.05) is 14.1 Å². The Labute approximate surface area is 62.2 Å². The van der Waals surface area contributed by atoms with Crippen molar-refractivity contribution >= 4 is 12.4 Å². The topological polar surface area (TPSA) is 44.3 Å². The third kappa shape index (κ3) is 8.17. The molecule has 3 nitrogen and oxygen atoms in total. The van der Waals surface area contributed by atoms with Gasteiger partial charge in [0.05, 0.1) is 6.10 Å². The lowest BCUT2D eigenvalue weighted by atomic mass is 10.3. The van der Waals surface area contributed by atoms with Crippen LogP contribution in [0.1, 0.15) is 0 Å². The standard InChI is InChI=1S/C5H14N2O.ClH/c1-6-3-5(8)4-7-2;/h5-8H,3-4H2,1-2H3;1H. The highest BCUT2D eigenvalue weighted by atomic mass is 35.5. The van der Waals surface area contributed by atoms with Gasteiger partial charge in [-0.25, -0.2) is 0 Å². The molecule has 0 saturated heterocycles. The molecule has 0 amide bonds. The molecule has 0 spiro atoms. The summed E-state index contributed by atoms with van der Waals surface area (Å²) in [5.74, 6) is 0. The van der Waals surface area contributed by atoms with Crippen LogP contribution in [0.4, 0.5) is 0 Å². The molecule has 0 aliphatic carbocycles. The average molecular weight is 155 g/mol. The number of aliphatic hydroxyl groups is 1. The smallest absolute Gasteiger partial charge is 0.0788 e. The van der Waals surface area contributed by atoms with Gasteiger partial charge in [0, 0.05) is 13.1 Å². The number of halogens is 1. The Morgan fingerprint density at radius 3 is 1.78 bits per heavy atom. The molecule has 0 radical (unpaired) electrons. The van der Waals surface area contributed by atoms with Crippen molar-refractivity contribution in [1.29, 1.82) is 0 Å². The maximum Gasteiger partial charge on any atom is 0.0788 e. The first kappa shape index (κ1) is 11.9. The van der Waals surface area contributed by atoms with Crippen LogP contribution in [0.15, 0.2) is 0 Å². The summed E-state index contributed by atoms with van der Waals surface area (Å²) in [5, 5.41) is 14.6. The Bertz CT molecular complexity index is 48.2. The highest BCUT2D eigenvalue weighted by Crippen LogP contribution is 1.72. The zero-order chi connectivity index (χ0) is 6.41. The Hall–Kier alpha value is 0.170. The van der Waals surface area contributed by atoms with E-state index in [0.717, 1.165) is 0 Å². The molecule has 0 bridgehead atoms. The lowest BCUT2D eigenvalue weighted by Gasteiger charge is -2.06. The fourth-order valence-electron chi connectivity index (χ4n) is 0.543. The largest absolute Gasteiger partial charge is 0.390 e. The molecule has 0 aromatic carbocycles. The van der Waals surface area contributed by atoms with Crippen LogP contribution in [-0.2, 0) is 0 Å². The molecule has 4 heteroatoms. The Balaban J connectivity index is 0. The molecule has 0 atom stereocenters. The van der Waals surface area contributed by atoms with E-state index < -0.39 is 0 Å². The minimum absolute atomic E-state index is 0. The van der Waals surface area contributed by atoms with Crippen molar-refractivity contribution in [3.8, 4) is 0 Å². The summed E-state index contributed by atoms with van der Waals surface area (Å²) >= 11 is 0. The first-order chi connectivity index (χ1) is 3.81.